The van der Waals surface area contributed by atoms with Crippen molar-refractivity contribution in [2.24, 2.45) is 5.92 Å². The van der Waals surface area contributed by atoms with Gasteiger partial charge in [0.25, 0.3) is 5.91 Å². The summed E-state index contributed by atoms with van der Waals surface area (Å²) < 4.78 is 0. The van der Waals surface area contributed by atoms with Gasteiger partial charge in [-0.3, -0.25) is 4.79 Å². The van der Waals surface area contributed by atoms with Crippen LogP contribution in [-0.2, 0) is 0 Å². The van der Waals surface area contributed by atoms with Crippen LogP contribution in [0.3, 0.4) is 0 Å². The zero-order chi connectivity index (χ0) is 13.0. The van der Waals surface area contributed by atoms with Crippen LogP contribution in [-0.4, -0.2) is 40.6 Å². The number of pyridine rings is 1. The van der Waals surface area contributed by atoms with Gasteiger partial charge in [0, 0.05) is 31.5 Å². The minimum Gasteiger partial charge on any atom is -0.396 e. The first-order valence-corrected chi connectivity index (χ1v) is 6.01. The molecule has 0 bridgehead atoms. The summed E-state index contributed by atoms with van der Waals surface area (Å²) >= 11 is 0. The number of amides is 1. The average molecular weight is 245 g/mol. The highest BCUT2D eigenvalue weighted by atomic mass is 16.3. The van der Waals surface area contributed by atoms with Gasteiger partial charge in [-0.2, -0.15) is 5.26 Å². The Bertz CT molecular complexity index is 473. The summed E-state index contributed by atoms with van der Waals surface area (Å²) in [5, 5.41) is 17.8. The minimum atomic E-state index is -0.0645. The SMILES string of the molecule is N#Cc1cc(C(=O)N2CCC(CO)CC2)ccn1. The third-order valence-electron chi connectivity index (χ3n) is 3.28. The zero-order valence-corrected chi connectivity index (χ0v) is 10.0. The molecule has 0 saturated carbocycles. The molecule has 2 rings (SSSR count). The monoisotopic (exact) mass is 245 g/mol. The van der Waals surface area contributed by atoms with Crippen molar-refractivity contribution in [3.05, 3.63) is 29.6 Å². The maximum absolute atomic E-state index is 12.2. The molecule has 1 aliphatic heterocycles. The Balaban J connectivity index is 2.06. The molecule has 0 atom stereocenters. The van der Waals surface area contributed by atoms with Crippen LogP contribution in [0.4, 0.5) is 0 Å². The quantitative estimate of drug-likeness (QED) is 0.836. The van der Waals surface area contributed by atoms with Gasteiger partial charge < -0.3 is 10.0 Å². The van der Waals surface area contributed by atoms with E-state index in [-0.39, 0.29) is 18.2 Å². The summed E-state index contributed by atoms with van der Waals surface area (Å²) in [7, 11) is 0. The number of rotatable bonds is 2. The first-order valence-electron chi connectivity index (χ1n) is 6.01. The zero-order valence-electron chi connectivity index (χ0n) is 10.0. The third kappa shape index (κ3) is 2.66. The molecular weight excluding hydrogens is 230 g/mol. The lowest BCUT2D eigenvalue weighted by molar-refractivity contribution is 0.0650. The van der Waals surface area contributed by atoms with Crippen LogP contribution in [0.15, 0.2) is 18.3 Å². The Morgan fingerprint density at radius 1 is 1.56 bits per heavy atom. The van der Waals surface area contributed by atoms with E-state index in [0.717, 1.165) is 12.8 Å². The van der Waals surface area contributed by atoms with Crippen LogP contribution in [0.25, 0.3) is 0 Å². The summed E-state index contributed by atoms with van der Waals surface area (Å²) in [6, 6.07) is 5.07. The third-order valence-corrected chi connectivity index (χ3v) is 3.28. The molecular formula is C13H15N3O2. The van der Waals surface area contributed by atoms with Crippen LogP contribution in [0.1, 0.15) is 28.9 Å². The van der Waals surface area contributed by atoms with Crippen LogP contribution in [0.2, 0.25) is 0 Å². The lowest BCUT2D eigenvalue weighted by Gasteiger charge is -2.31. The second kappa shape index (κ2) is 5.61. The highest BCUT2D eigenvalue weighted by Gasteiger charge is 2.23. The van der Waals surface area contributed by atoms with E-state index in [9.17, 15) is 4.79 Å². The minimum absolute atomic E-state index is 0.0645. The summed E-state index contributed by atoms with van der Waals surface area (Å²) in [6.07, 6.45) is 3.14. The Kier molecular flexibility index (Phi) is 3.90. The molecule has 1 saturated heterocycles. The van der Waals surface area contributed by atoms with Crippen LogP contribution in [0, 0.1) is 17.2 Å². The number of carbonyl (C=O) groups excluding carboxylic acids is 1. The first-order chi connectivity index (χ1) is 8.74. The Morgan fingerprint density at radius 2 is 2.28 bits per heavy atom. The smallest absolute Gasteiger partial charge is 0.254 e. The molecule has 1 aromatic heterocycles. The number of hydrogen-bond donors (Lipinski definition) is 1. The standard InChI is InChI=1S/C13H15N3O2/c14-8-12-7-11(1-4-15-12)13(18)16-5-2-10(9-17)3-6-16/h1,4,7,10,17H,2-3,5-6,9H2. The molecule has 5 heteroatoms. The molecule has 1 aliphatic rings. The number of piperidine rings is 1. The van der Waals surface area contributed by atoms with E-state index in [2.05, 4.69) is 4.98 Å². The van der Waals surface area contributed by atoms with Gasteiger partial charge in [0.15, 0.2) is 0 Å². The average Bonchev–Trinajstić information content (AvgIpc) is 2.46. The molecule has 0 aliphatic carbocycles. The van der Waals surface area contributed by atoms with Crippen molar-refractivity contribution in [1.82, 2.24) is 9.88 Å². The number of aromatic nitrogens is 1. The van der Waals surface area contributed by atoms with Crippen molar-refractivity contribution >= 4 is 5.91 Å². The maximum atomic E-state index is 12.2. The van der Waals surface area contributed by atoms with E-state index in [1.54, 1.807) is 11.0 Å². The molecule has 18 heavy (non-hydrogen) atoms. The summed E-state index contributed by atoms with van der Waals surface area (Å²) in [6.45, 7) is 1.51. The molecule has 2 heterocycles. The second-order valence-electron chi connectivity index (χ2n) is 4.46. The molecule has 1 N–H and O–H groups in total. The van der Waals surface area contributed by atoms with Crippen molar-refractivity contribution in [3.63, 3.8) is 0 Å². The highest BCUT2D eigenvalue weighted by molar-refractivity contribution is 5.94. The van der Waals surface area contributed by atoms with Crippen molar-refractivity contribution in [2.75, 3.05) is 19.7 Å². The molecule has 1 aromatic rings. The molecule has 1 amide bonds. The maximum Gasteiger partial charge on any atom is 0.254 e. The predicted molar refractivity (Wildman–Crippen MR) is 64.7 cm³/mol. The lowest BCUT2D eigenvalue weighted by atomic mass is 9.97. The summed E-state index contributed by atoms with van der Waals surface area (Å²) in [4.78, 5) is 17.8. The van der Waals surface area contributed by atoms with Gasteiger partial charge in [0.1, 0.15) is 11.8 Å². The van der Waals surface area contributed by atoms with Crippen molar-refractivity contribution in [1.29, 1.82) is 5.26 Å². The van der Waals surface area contributed by atoms with Gasteiger partial charge in [-0.15, -0.1) is 0 Å². The van der Waals surface area contributed by atoms with Gasteiger partial charge in [0.05, 0.1) is 0 Å². The molecule has 5 nitrogen and oxygen atoms in total. The van der Waals surface area contributed by atoms with Crippen molar-refractivity contribution in [2.45, 2.75) is 12.8 Å². The van der Waals surface area contributed by atoms with Gasteiger partial charge in [-0.05, 0) is 30.9 Å². The number of aliphatic hydroxyl groups excluding tert-OH is 1. The fraction of sp³-hybridized carbons (Fsp3) is 0.462. The normalized spacial score (nSPS) is 16.3. The van der Waals surface area contributed by atoms with E-state index in [4.69, 9.17) is 10.4 Å². The van der Waals surface area contributed by atoms with Crippen LogP contribution in [0.5, 0.6) is 0 Å². The van der Waals surface area contributed by atoms with Gasteiger partial charge in [-0.1, -0.05) is 0 Å². The van der Waals surface area contributed by atoms with E-state index >= 15 is 0 Å². The van der Waals surface area contributed by atoms with Gasteiger partial charge >= 0.3 is 0 Å². The molecule has 0 radical (unpaired) electrons. The van der Waals surface area contributed by atoms with Gasteiger partial charge in [0.2, 0.25) is 0 Å². The topological polar surface area (TPSA) is 77.2 Å². The van der Waals surface area contributed by atoms with Gasteiger partial charge in [-0.25, -0.2) is 4.98 Å². The Hall–Kier alpha value is -1.93. The fourth-order valence-electron chi connectivity index (χ4n) is 2.13. The number of nitriles is 1. The van der Waals surface area contributed by atoms with Crippen molar-refractivity contribution < 1.29 is 9.90 Å². The van der Waals surface area contributed by atoms with E-state index in [0.29, 0.717) is 24.6 Å². The number of hydrogen-bond acceptors (Lipinski definition) is 4. The van der Waals surface area contributed by atoms with E-state index in [1.807, 2.05) is 6.07 Å². The Morgan fingerprint density at radius 3 is 2.89 bits per heavy atom. The highest BCUT2D eigenvalue weighted by Crippen LogP contribution is 2.18. The summed E-state index contributed by atoms with van der Waals surface area (Å²) in [5.41, 5.74) is 0.759. The number of aliphatic hydroxyl groups is 1. The molecule has 0 unspecified atom stereocenters. The number of nitrogens with zero attached hydrogens (tertiary/aromatic N) is 3. The summed E-state index contributed by atoms with van der Waals surface area (Å²) in [5.74, 6) is 0.242. The van der Waals surface area contributed by atoms with Crippen LogP contribution < -0.4 is 0 Å². The first kappa shape index (κ1) is 12.5. The largest absolute Gasteiger partial charge is 0.396 e. The van der Waals surface area contributed by atoms with Crippen molar-refractivity contribution in [3.8, 4) is 6.07 Å². The molecule has 0 aromatic carbocycles. The predicted octanol–water partition coefficient (Wildman–Crippen LogP) is 0.798. The second-order valence-corrected chi connectivity index (χ2v) is 4.46. The fourth-order valence-corrected chi connectivity index (χ4v) is 2.13. The number of carbonyl (C=O) groups is 1. The Labute approximate surface area is 106 Å². The van der Waals surface area contributed by atoms with E-state index in [1.165, 1.54) is 12.3 Å². The molecule has 0 spiro atoms. The molecule has 94 valence electrons. The van der Waals surface area contributed by atoms with Crippen LogP contribution >= 0.6 is 0 Å². The molecule has 1 fully saturated rings. The van der Waals surface area contributed by atoms with E-state index < -0.39 is 0 Å². The lowest BCUT2D eigenvalue weighted by Crippen LogP contribution is -2.39. The number of likely N-dealkylation sites (tertiary alicyclic amines) is 1.